The highest BCUT2D eigenvalue weighted by Crippen LogP contribution is 2.35. The highest BCUT2D eigenvalue weighted by Gasteiger charge is 2.24. The molecule has 0 radical (unpaired) electrons. The average Bonchev–Trinajstić information content (AvgIpc) is 3.11. The molecular weight excluding hydrogens is 397 g/mol. The molecule has 0 spiro atoms. The Kier molecular flexibility index (Phi) is 3.64. The van der Waals surface area contributed by atoms with Crippen molar-refractivity contribution in [2.24, 2.45) is 0 Å². The van der Waals surface area contributed by atoms with Crippen LogP contribution in [0.4, 0.5) is 5.82 Å². The molecule has 23 heavy (non-hydrogen) atoms. The van der Waals surface area contributed by atoms with Gasteiger partial charge >= 0.3 is 0 Å². The SMILES string of the molecule is Cc1ccc(-n2nc(-c3ccc(I)cc3)c3c2NCC3)c(C)c1. The maximum absolute atomic E-state index is 4.94. The maximum Gasteiger partial charge on any atom is 0.133 e. The molecule has 4 heteroatoms. The van der Waals surface area contributed by atoms with E-state index < -0.39 is 0 Å². The van der Waals surface area contributed by atoms with Gasteiger partial charge in [0.15, 0.2) is 0 Å². The third kappa shape index (κ3) is 2.55. The van der Waals surface area contributed by atoms with Crippen molar-refractivity contribution in [1.82, 2.24) is 9.78 Å². The van der Waals surface area contributed by atoms with Crippen molar-refractivity contribution >= 4 is 28.4 Å². The smallest absolute Gasteiger partial charge is 0.133 e. The fourth-order valence-corrected chi connectivity index (χ4v) is 3.59. The van der Waals surface area contributed by atoms with Gasteiger partial charge < -0.3 is 5.32 Å². The van der Waals surface area contributed by atoms with Gasteiger partial charge in [-0.2, -0.15) is 5.10 Å². The summed E-state index contributed by atoms with van der Waals surface area (Å²) in [6.07, 6.45) is 1.03. The molecular formula is C19H18IN3. The number of hydrogen-bond acceptors (Lipinski definition) is 2. The van der Waals surface area contributed by atoms with Gasteiger partial charge in [-0.15, -0.1) is 0 Å². The molecule has 0 unspecified atom stereocenters. The number of aromatic nitrogens is 2. The van der Waals surface area contributed by atoms with Crippen LogP contribution < -0.4 is 5.32 Å². The Labute approximate surface area is 149 Å². The monoisotopic (exact) mass is 415 g/mol. The first-order valence-corrected chi connectivity index (χ1v) is 8.91. The second-order valence-corrected chi connectivity index (χ2v) is 7.31. The molecule has 1 aliphatic heterocycles. The zero-order valence-electron chi connectivity index (χ0n) is 13.2. The van der Waals surface area contributed by atoms with E-state index in [9.17, 15) is 0 Å². The number of nitrogens with zero attached hydrogens (tertiary/aromatic N) is 2. The van der Waals surface area contributed by atoms with E-state index >= 15 is 0 Å². The molecule has 0 bridgehead atoms. The van der Waals surface area contributed by atoms with E-state index in [1.807, 2.05) is 0 Å². The molecule has 0 amide bonds. The topological polar surface area (TPSA) is 29.9 Å². The first-order valence-electron chi connectivity index (χ1n) is 7.83. The predicted octanol–water partition coefficient (Wildman–Crippen LogP) is 4.73. The third-order valence-electron chi connectivity index (χ3n) is 4.35. The molecule has 2 aromatic carbocycles. The Bertz CT molecular complexity index is 878. The Morgan fingerprint density at radius 3 is 2.61 bits per heavy atom. The molecule has 3 nitrogen and oxygen atoms in total. The van der Waals surface area contributed by atoms with E-state index in [-0.39, 0.29) is 0 Å². The molecule has 3 aromatic rings. The molecule has 0 aliphatic carbocycles. The van der Waals surface area contributed by atoms with Crippen LogP contribution >= 0.6 is 22.6 Å². The summed E-state index contributed by atoms with van der Waals surface area (Å²) in [6, 6.07) is 15.1. The predicted molar refractivity (Wildman–Crippen MR) is 103 cm³/mol. The molecule has 116 valence electrons. The van der Waals surface area contributed by atoms with E-state index in [0.717, 1.165) is 30.2 Å². The van der Waals surface area contributed by atoms with E-state index in [0.29, 0.717) is 0 Å². The molecule has 1 aliphatic rings. The van der Waals surface area contributed by atoms with Gasteiger partial charge in [0.1, 0.15) is 5.82 Å². The number of rotatable bonds is 2. The van der Waals surface area contributed by atoms with Gasteiger partial charge in [-0.3, -0.25) is 0 Å². The van der Waals surface area contributed by atoms with Gasteiger partial charge in [0.2, 0.25) is 0 Å². The van der Waals surface area contributed by atoms with Crippen LogP contribution in [-0.4, -0.2) is 16.3 Å². The Morgan fingerprint density at radius 1 is 1.09 bits per heavy atom. The summed E-state index contributed by atoms with van der Waals surface area (Å²) in [6.45, 7) is 5.25. The van der Waals surface area contributed by atoms with Crippen molar-refractivity contribution in [3.05, 3.63) is 62.7 Å². The zero-order valence-corrected chi connectivity index (χ0v) is 15.4. The quantitative estimate of drug-likeness (QED) is 0.614. The number of aryl methyl sites for hydroxylation is 2. The minimum atomic E-state index is 0.982. The molecule has 0 atom stereocenters. The van der Waals surface area contributed by atoms with Crippen LogP contribution in [0.2, 0.25) is 0 Å². The Morgan fingerprint density at radius 2 is 1.87 bits per heavy atom. The minimum absolute atomic E-state index is 0.982. The van der Waals surface area contributed by atoms with Crippen molar-refractivity contribution in [3.8, 4) is 16.9 Å². The van der Waals surface area contributed by atoms with Crippen LogP contribution in [-0.2, 0) is 6.42 Å². The van der Waals surface area contributed by atoms with Crippen molar-refractivity contribution in [1.29, 1.82) is 0 Å². The van der Waals surface area contributed by atoms with E-state index in [4.69, 9.17) is 5.10 Å². The molecule has 1 aromatic heterocycles. The van der Waals surface area contributed by atoms with Gasteiger partial charge in [0.05, 0.1) is 11.4 Å². The number of benzene rings is 2. The summed E-state index contributed by atoms with van der Waals surface area (Å²) in [5, 5.41) is 8.45. The summed E-state index contributed by atoms with van der Waals surface area (Å²) in [5.41, 5.74) is 7.29. The van der Waals surface area contributed by atoms with E-state index in [1.54, 1.807) is 0 Å². The largest absolute Gasteiger partial charge is 0.369 e. The minimum Gasteiger partial charge on any atom is -0.369 e. The van der Waals surface area contributed by atoms with E-state index in [2.05, 4.69) is 88.9 Å². The van der Waals surface area contributed by atoms with Crippen LogP contribution in [0.3, 0.4) is 0 Å². The molecule has 2 heterocycles. The number of halogens is 1. The number of nitrogens with one attached hydrogen (secondary N) is 1. The lowest BCUT2D eigenvalue weighted by Crippen LogP contribution is -2.05. The molecule has 0 fully saturated rings. The van der Waals surface area contributed by atoms with Crippen LogP contribution in [0.25, 0.3) is 16.9 Å². The van der Waals surface area contributed by atoms with Crippen molar-refractivity contribution in [3.63, 3.8) is 0 Å². The third-order valence-corrected chi connectivity index (χ3v) is 5.07. The number of anilines is 1. The van der Waals surface area contributed by atoms with Gasteiger partial charge in [-0.05, 0) is 66.6 Å². The van der Waals surface area contributed by atoms with Crippen LogP contribution in [0.5, 0.6) is 0 Å². The molecule has 1 N–H and O–H groups in total. The zero-order chi connectivity index (χ0) is 16.0. The van der Waals surface area contributed by atoms with Gasteiger partial charge in [0.25, 0.3) is 0 Å². The number of hydrogen-bond donors (Lipinski definition) is 1. The van der Waals surface area contributed by atoms with Crippen LogP contribution in [0, 0.1) is 17.4 Å². The maximum atomic E-state index is 4.94. The summed E-state index contributed by atoms with van der Waals surface area (Å²) < 4.78 is 3.32. The van der Waals surface area contributed by atoms with Crippen molar-refractivity contribution in [2.45, 2.75) is 20.3 Å². The highest BCUT2D eigenvalue weighted by atomic mass is 127. The van der Waals surface area contributed by atoms with Crippen LogP contribution in [0.15, 0.2) is 42.5 Å². The lowest BCUT2D eigenvalue weighted by Gasteiger charge is -2.10. The second kappa shape index (κ2) is 5.67. The fourth-order valence-electron chi connectivity index (χ4n) is 3.23. The van der Waals surface area contributed by atoms with Crippen molar-refractivity contribution in [2.75, 3.05) is 11.9 Å². The van der Waals surface area contributed by atoms with Gasteiger partial charge in [-0.1, -0.05) is 29.8 Å². The highest BCUT2D eigenvalue weighted by molar-refractivity contribution is 14.1. The molecule has 0 saturated carbocycles. The first kappa shape index (κ1) is 14.8. The Balaban J connectivity index is 1.89. The van der Waals surface area contributed by atoms with E-state index in [1.165, 1.54) is 25.8 Å². The molecule has 0 saturated heterocycles. The van der Waals surface area contributed by atoms with Gasteiger partial charge in [0, 0.05) is 21.2 Å². The summed E-state index contributed by atoms with van der Waals surface area (Å²) in [4.78, 5) is 0. The second-order valence-electron chi connectivity index (χ2n) is 6.06. The average molecular weight is 415 g/mol. The summed E-state index contributed by atoms with van der Waals surface area (Å²) >= 11 is 2.34. The van der Waals surface area contributed by atoms with Crippen LogP contribution in [0.1, 0.15) is 16.7 Å². The van der Waals surface area contributed by atoms with Crippen molar-refractivity contribution < 1.29 is 0 Å². The lowest BCUT2D eigenvalue weighted by atomic mass is 10.1. The normalized spacial score (nSPS) is 13.0. The van der Waals surface area contributed by atoms with Gasteiger partial charge in [-0.25, -0.2) is 4.68 Å². The standard InChI is InChI=1S/C19H18IN3/c1-12-3-8-17(13(2)11-12)23-19-16(9-10-21-19)18(22-23)14-4-6-15(20)7-5-14/h3-8,11,21H,9-10H2,1-2H3. The number of fused-ring (bicyclic) bond motifs is 1. The Hall–Kier alpha value is -1.82. The molecule has 4 rings (SSSR count). The summed E-state index contributed by atoms with van der Waals surface area (Å²) in [5.74, 6) is 1.14. The first-order chi connectivity index (χ1) is 11.1. The summed E-state index contributed by atoms with van der Waals surface area (Å²) in [7, 11) is 0. The lowest BCUT2D eigenvalue weighted by molar-refractivity contribution is 0.874. The fraction of sp³-hybridized carbons (Fsp3) is 0.211.